The number of nitrogens with zero attached hydrogens (tertiary/aromatic N) is 2. The van der Waals surface area contributed by atoms with Gasteiger partial charge in [-0.3, -0.25) is 4.99 Å². The van der Waals surface area contributed by atoms with Crippen LogP contribution in [0.3, 0.4) is 0 Å². The quantitative estimate of drug-likeness (QED) is 0.139. The monoisotopic (exact) mass is 527 g/mol. The van der Waals surface area contributed by atoms with Gasteiger partial charge in [0.15, 0.2) is 5.96 Å². The number of nitrogens with one attached hydrogen (secondary N) is 1. The molecule has 29 heavy (non-hydrogen) atoms. The Morgan fingerprint density at radius 2 is 1.62 bits per heavy atom. The molecule has 7 heteroatoms. The van der Waals surface area contributed by atoms with Gasteiger partial charge in [0, 0.05) is 60.2 Å². The van der Waals surface area contributed by atoms with Gasteiger partial charge in [-0.15, -0.1) is 24.0 Å². The van der Waals surface area contributed by atoms with Crippen LogP contribution in [0.1, 0.15) is 71.1 Å². The van der Waals surface area contributed by atoms with Crippen molar-refractivity contribution in [2.24, 2.45) is 4.99 Å². The topological polar surface area (TPSA) is 55.3 Å². The van der Waals surface area contributed by atoms with Crippen LogP contribution in [0.5, 0.6) is 0 Å². The lowest BCUT2D eigenvalue weighted by atomic mass is 10.1. The molecular formula is C22H46IN3O3. The zero-order valence-electron chi connectivity index (χ0n) is 19.1. The minimum atomic E-state index is 0. The van der Waals surface area contributed by atoms with Gasteiger partial charge >= 0.3 is 0 Å². The Kier molecular flexibility index (Phi) is 21.0. The Labute approximate surface area is 196 Å². The first-order valence-electron chi connectivity index (χ1n) is 11.5. The number of halogens is 1. The first-order chi connectivity index (χ1) is 13.8. The Balaban J connectivity index is 0.00000784. The van der Waals surface area contributed by atoms with Crippen molar-refractivity contribution in [3.63, 3.8) is 0 Å². The third kappa shape index (κ3) is 15.3. The van der Waals surface area contributed by atoms with Gasteiger partial charge < -0.3 is 24.4 Å². The highest BCUT2D eigenvalue weighted by molar-refractivity contribution is 14.0. The fourth-order valence-electron chi connectivity index (χ4n) is 3.48. The lowest BCUT2D eigenvalue weighted by Crippen LogP contribution is -2.47. The lowest BCUT2D eigenvalue weighted by Gasteiger charge is -2.34. The third-order valence-corrected chi connectivity index (χ3v) is 5.19. The maximum absolute atomic E-state index is 5.94. The SMILES string of the molecule is CCCCCCCCOCCCNC(=NC)N1CCC(OCCCOC)CC1.I. The standard InChI is InChI=1S/C22H45N3O3.HI/c1-4-5-6-7-8-9-18-27-19-10-14-24-22(23-2)25-15-12-21(13-16-25)28-20-11-17-26-3;/h21H,4-20H2,1-3H3,(H,23,24);1H. The first kappa shape index (κ1) is 28.9. The van der Waals surface area contributed by atoms with Crippen LogP contribution in [0, 0.1) is 0 Å². The van der Waals surface area contributed by atoms with E-state index in [9.17, 15) is 0 Å². The molecule has 0 aromatic carbocycles. The van der Waals surface area contributed by atoms with Gasteiger partial charge in [-0.25, -0.2) is 0 Å². The summed E-state index contributed by atoms with van der Waals surface area (Å²) in [6.45, 7) is 8.48. The number of hydrogen-bond acceptors (Lipinski definition) is 4. The zero-order valence-corrected chi connectivity index (χ0v) is 21.5. The second kappa shape index (κ2) is 21.1. The second-order valence-electron chi connectivity index (χ2n) is 7.61. The van der Waals surface area contributed by atoms with E-state index >= 15 is 0 Å². The average molecular weight is 528 g/mol. The van der Waals surface area contributed by atoms with Crippen LogP contribution in [-0.2, 0) is 14.2 Å². The first-order valence-corrected chi connectivity index (χ1v) is 11.5. The van der Waals surface area contributed by atoms with Crippen LogP contribution in [0.15, 0.2) is 4.99 Å². The predicted molar refractivity (Wildman–Crippen MR) is 133 cm³/mol. The van der Waals surface area contributed by atoms with Crippen LogP contribution in [-0.4, -0.2) is 77.2 Å². The molecule has 174 valence electrons. The Morgan fingerprint density at radius 1 is 0.931 bits per heavy atom. The number of guanidine groups is 1. The Bertz CT molecular complexity index is 378. The van der Waals surface area contributed by atoms with E-state index in [1.54, 1.807) is 7.11 Å². The van der Waals surface area contributed by atoms with E-state index in [-0.39, 0.29) is 24.0 Å². The minimum absolute atomic E-state index is 0. The number of hydrogen-bond donors (Lipinski definition) is 1. The molecule has 1 aliphatic heterocycles. The molecule has 1 aliphatic rings. The summed E-state index contributed by atoms with van der Waals surface area (Å²) in [5.74, 6) is 1.01. The maximum Gasteiger partial charge on any atom is 0.193 e. The summed E-state index contributed by atoms with van der Waals surface area (Å²) >= 11 is 0. The molecule has 1 N–H and O–H groups in total. The Morgan fingerprint density at radius 3 is 2.31 bits per heavy atom. The normalized spacial score (nSPS) is 15.4. The van der Waals surface area contributed by atoms with Crippen molar-refractivity contribution in [3.8, 4) is 0 Å². The smallest absolute Gasteiger partial charge is 0.193 e. The van der Waals surface area contributed by atoms with Crippen molar-refractivity contribution in [1.29, 1.82) is 0 Å². The van der Waals surface area contributed by atoms with Gasteiger partial charge in [0.25, 0.3) is 0 Å². The van der Waals surface area contributed by atoms with Gasteiger partial charge in [0.1, 0.15) is 0 Å². The van der Waals surface area contributed by atoms with Crippen molar-refractivity contribution < 1.29 is 14.2 Å². The molecular weight excluding hydrogens is 481 g/mol. The fourth-order valence-corrected chi connectivity index (χ4v) is 3.48. The fraction of sp³-hybridized carbons (Fsp3) is 0.955. The van der Waals surface area contributed by atoms with E-state index in [4.69, 9.17) is 14.2 Å². The number of piperidine rings is 1. The number of ether oxygens (including phenoxy) is 3. The van der Waals surface area contributed by atoms with E-state index in [0.29, 0.717) is 6.10 Å². The van der Waals surface area contributed by atoms with E-state index in [1.807, 2.05) is 7.05 Å². The largest absolute Gasteiger partial charge is 0.385 e. The van der Waals surface area contributed by atoms with E-state index in [1.165, 1.54) is 38.5 Å². The molecule has 0 radical (unpaired) electrons. The maximum atomic E-state index is 5.94. The van der Waals surface area contributed by atoms with E-state index in [2.05, 4.69) is 22.1 Å². The van der Waals surface area contributed by atoms with Gasteiger partial charge in [0.05, 0.1) is 6.10 Å². The van der Waals surface area contributed by atoms with Crippen LogP contribution >= 0.6 is 24.0 Å². The number of unbranched alkanes of at least 4 members (excludes halogenated alkanes) is 5. The molecule has 0 saturated carbocycles. The second-order valence-corrected chi connectivity index (χ2v) is 7.61. The molecule has 0 atom stereocenters. The van der Waals surface area contributed by atoms with Crippen molar-refractivity contribution in [2.75, 3.05) is 60.2 Å². The summed E-state index contributed by atoms with van der Waals surface area (Å²) in [5, 5.41) is 3.48. The van der Waals surface area contributed by atoms with Crippen molar-refractivity contribution in [1.82, 2.24) is 10.2 Å². The molecule has 1 heterocycles. The highest BCUT2D eigenvalue weighted by Gasteiger charge is 2.21. The van der Waals surface area contributed by atoms with Gasteiger partial charge in [-0.05, 0) is 32.1 Å². The van der Waals surface area contributed by atoms with Crippen molar-refractivity contribution >= 4 is 29.9 Å². The molecule has 0 amide bonds. The molecule has 1 fully saturated rings. The average Bonchev–Trinajstić information content (AvgIpc) is 2.73. The zero-order chi connectivity index (χ0) is 20.3. The summed E-state index contributed by atoms with van der Waals surface area (Å²) in [6, 6.07) is 0. The van der Waals surface area contributed by atoms with Crippen molar-refractivity contribution in [3.05, 3.63) is 0 Å². The van der Waals surface area contributed by atoms with E-state index < -0.39 is 0 Å². The molecule has 0 unspecified atom stereocenters. The molecule has 0 aromatic rings. The van der Waals surface area contributed by atoms with Crippen LogP contribution in [0.4, 0.5) is 0 Å². The van der Waals surface area contributed by atoms with Crippen LogP contribution in [0.25, 0.3) is 0 Å². The molecule has 0 aliphatic carbocycles. The van der Waals surface area contributed by atoms with Crippen molar-refractivity contribution in [2.45, 2.75) is 77.2 Å². The van der Waals surface area contributed by atoms with Gasteiger partial charge in [0.2, 0.25) is 0 Å². The Hall–Kier alpha value is -0.120. The summed E-state index contributed by atoms with van der Waals surface area (Å²) < 4.78 is 16.8. The summed E-state index contributed by atoms with van der Waals surface area (Å²) in [6.07, 6.45) is 12.4. The highest BCUT2D eigenvalue weighted by atomic mass is 127. The van der Waals surface area contributed by atoms with E-state index in [0.717, 1.165) is 77.7 Å². The summed E-state index contributed by atoms with van der Waals surface area (Å²) in [5.41, 5.74) is 0. The molecule has 0 bridgehead atoms. The molecule has 0 aromatic heterocycles. The lowest BCUT2D eigenvalue weighted by molar-refractivity contribution is 0.00990. The molecule has 1 rings (SSSR count). The van der Waals surface area contributed by atoms with Crippen LogP contribution in [0.2, 0.25) is 0 Å². The number of rotatable bonds is 16. The van der Waals surface area contributed by atoms with Gasteiger partial charge in [-0.1, -0.05) is 39.0 Å². The molecule has 1 saturated heterocycles. The summed E-state index contributed by atoms with van der Waals surface area (Å²) in [7, 11) is 3.60. The molecule has 0 spiro atoms. The molecule has 6 nitrogen and oxygen atoms in total. The summed E-state index contributed by atoms with van der Waals surface area (Å²) in [4.78, 5) is 6.78. The third-order valence-electron chi connectivity index (χ3n) is 5.19. The predicted octanol–water partition coefficient (Wildman–Crippen LogP) is 4.46. The van der Waals surface area contributed by atoms with Crippen LogP contribution < -0.4 is 5.32 Å². The number of methoxy groups -OCH3 is 1. The highest BCUT2D eigenvalue weighted by Crippen LogP contribution is 2.14. The van der Waals surface area contributed by atoms with Gasteiger partial charge in [-0.2, -0.15) is 0 Å². The number of likely N-dealkylation sites (tertiary alicyclic amines) is 1. The minimum Gasteiger partial charge on any atom is -0.385 e. The number of aliphatic imine (C=N–C) groups is 1.